The highest BCUT2D eigenvalue weighted by atomic mass is 15.3. The molecule has 2 heterocycles. The summed E-state index contributed by atoms with van der Waals surface area (Å²) in [6.07, 6.45) is 1.34. The summed E-state index contributed by atoms with van der Waals surface area (Å²) in [6, 6.07) is 0.582. The van der Waals surface area contributed by atoms with Gasteiger partial charge < -0.3 is 4.90 Å². The van der Waals surface area contributed by atoms with Crippen LogP contribution in [0.3, 0.4) is 0 Å². The van der Waals surface area contributed by atoms with Crippen LogP contribution in [-0.4, -0.2) is 30.6 Å². The van der Waals surface area contributed by atoms with Crippen LogP contribution in [0.15, 0.2) is 0 Å². The topological polar surface area (TPSA) is 41.3 Å². The van der Waals surface area contributed by atoms with Crippen LogP contribution in [0.4, 0.5) is 0 Å². The van der Waals surface area contributed by atoms with Gasteiger partial charge in [0.25, 0.3) is 0 Å². The predicted molar refractivity (Wildman–Crippen MR) is 35.7 cm³/mol. The van der Waals surface area contributed by atoms with E-state index in [4.69, 9.17) is 5.84 Å². The lowest BCUT2D eigenvalue weighted by molar-refractivity contribution is 0.318. The Hall–Kier alpha value is -0.120. The molecule has 2 saturated heterocycles. The van der Waals surface area contributed by atoms with E-state index in [0.717, 1.165) is 5.92 Å². The Morgan fingerprint density at radius 3 is 2.67 bits per heavy atom. The lowest BCUT2D eigenvalue weighted by Gasteiger charge is -2.20. The second-order valence-corrected chi connectivity index (χ2v) is 3.08. The molecule has 0 amide bonds. The van der Waals surface area contributed by atoms with Crippen molar-refractivity contribution in [2.75, 3.05) is 19.6 Å². The van der Waals surface area contributed by atoms with E-state index in [-0.39, 0.29) is 0 Å². The largest absolute Gasteiger partial charge is 0.301 e. The van der Waals surface area contributed by atoms with E-state index in [0.29, 0.717) is 6.04 Å². The molecule has 3 atom stereocenters. The Morgan fingerprint density at radius 1 is 1.44 bits per heavy atom. The summed E-state index contributed by atoms with van der Waals surface area (Å²) in [5.41, 5.74) is 2.85. The third-order valence-electron chi connectivity index (χ3n) is 2.55. The summed E-state index contributed by atoms with van der Waals surface area (Å²) in [4.78, 5) is 2.47. The van der Waals surface area contributed by atoms with E-state index in [1.807, 2.05) is 0 Å². The number of piperidine rings is 1. The molecule has 3 heteroatoms. The van der Waals surface area contributed by atoms with Crippen molar-refractivity contribution in [3.05, 3.63) is 0 Å². The van der Waals surface area contributed by atoms with Crippen LogP contribution in [-0.2, 0) is 0 Å². The maximum atomic E-state index is 5.34. The first kappa shape index (κ1) is 5.65. The zero-order chi connectivity index (χ0) is 6.27. The molecule has 1 unspecified atom stereocenters. The molecule has 2 aliphatic rings. The third kappa shape index (κ3) is 0.764. The zero-order valence-corrected chi connectivity index (χ0v) is 5.51. The number of fused-ring (bicyclic) bond motifs is 2. The minimum Gasteiger partial charge on any atom is -0.301 e. The van der Waals surface area contributed by atoms with Crippen molar-refractivity contribution in [2.24, 2.45) is 11.8 Å². The van der Waals surface area contributed by atoms with Crippen molar-refractivity contribution in [3.8, 4) is 0 Å². The number of nitrogens with one attached hydrogen (secondary N) is 1. The molecule has 0 radical (unpaired) electrons. The van der Waals surface area contributed by atoms with Gasteiger partial charge in [-0.15, -0.1) is 0 Å². The van der Waals surface area contributed by atoms with Crippen LogP contribution in [0, 0.1) is 5.92 Å². The lowest BCUT2D eigenvalue weighted by Crippen LogP contribution is -2.43. The Balaban J connectivity index is 2.01. The number of hydrazine groups is 1. The molecule has 0 aromatic heterocycles. The maximum Gasteiger partial charge on any atom is 0.0378 e. The van der Waals surface area contributed by atoms with Gasteiger partial charge in [0.1, 0.15) is 0 Å². The van der Waals surface area contributed by atoms with E-state index in [1.165, 1.54) is 26.1 Å². The molecule has 2 rings (SSSR count). The predicted octanol–water partition coefficient (Wildman–Crippen LogP) is -0.846. The fourth-order valence-electron chi connectivity index (χ4n) is 1.97. The highest BCUT2D eigenvalue weighted by Gasteiger charge is 2.36. The van der Waals surface area contributed by atoms with Crippen LogP contribution in [0.5, 0.6) is 0 Å². The summed E-state index contributed by atoms with van der Waals surface area (Å²) in [6.45, 7) is 3.74. The molecular weight excluding hydrogens is 114 g/mol. The van der Waals surface area contributed by atoms with Gasteiger partial charge in [-0.2, -0.15) is 0 Å². The average molecular weight is 127 g/mol. The fraction of sp³-hybridized carbons (Fsp3) is 1.00. The van der Waals surface area contributed by atoms with Gasteiger partial charge in [-0.25, -0.2) is 0 Å². The van der Waals surface area contributed by atoms with Crippen molar-refractivity contribution >= 4 is 0 Å². The van der Waals surface area contributed by atoms with Gasteiger partial charge in [-0.1, -0.05) is 0 Å². The van der Waals surface area contributed by atoms with Gasteiger partial charge in [0, 0.05) is 19.1 Å². The first-order valence-corrected chi connectivity index (χ1v) is 3.58. The number of nitrogens with zero attached hydrogens (tertiary/aromatic N) is 1. The lowest BCUT2D eigenvalue weighted by atomic mass is 10.0. The smallest absolute Gasteiger partial charge is 0.0378 e. The molecule has 0 saturated carbocycles. The molecule has 52 valence electrons. The SMILES string of the molecule is NN[C@H]1CN2CC[C@H]1C2. The van der Waals surface area contributed by atoms with Gasteiger partial charge >= 0.3 is 0 Å². The van der Waals surface area contributed by atoms with Crippen LogP contribution < -0.4 is 11.3 Å². The molecular formula is C6H13N3. The average Bonchev–Trinajstić information content (AvgIpc) is 2.45. The van der Waals surface area contributed by atoms with Crippen molar-refractivity contribution in [1.82, 2.24) is 10.3 Å². The Kier molecular flexibility index (Phi) is 1.22. The van der Waals surface area contributed by atoms with Crippen LogP contribution in [0.2, 0.25) is 0 Å². The van der Waals surface area contributed by atoms with Crippen molar-refractivity contribution in [2.45, 2.75) is 12.5 Å². The molecule has 9 heavy (non-hydrogen) atoms. The Bertz CT molecular complexity index is 115. The molecule has 0 aliphatic carbocycles. The Labute approximate surface area is 55.2 Å². The van der Waals surface area contributed by atoms with Gasteiger partial charge in [0.15, 0.2) is 0 Å². The highest BCUT2D eigenvalue weighted by Crippen LogP contribution is 2.26. The van der Waals surface area contributed by atoms with E-state index in [2.05, 4.69) is 10.3 Å². The summed E-state index contributed by atoms with van der Waals surface area (Å²) in [7, 11) is 0. The van der Waals surface area contributed by atoms with E-state index < -0.39 is 0 Å². The van der Waals surface area contributed by atoms with E-state index >= 15 is 0 Å². The van der Waals surface area contributed by atoms with Gasteiger partial charge in [-0.3, -0.25) is 11.3 Å². The summed E-state index contributed by atoms with van der Waals surface area (Å²) < 4.78 is 0. The van der Waals surface area contributed by atoms with Crippen molar-refractivity contribution in [3.63, 3.8) is 0 Å². The van der Waals surface area contributed by atoms with Crippen LogP contribution in [0.1, 0.15) is 6.42 Å². The maximum absolute atomic E-state index is 5.34. The number of nitrogens with two attached hydrogens (primary N) is 1. The van der Waals surface area contributed by atoms with Crippen LogP contribution in [0.25, 0.3) is 0 Å². The number of hydrogen-bond donors (Lipinski definition) is 2. The normalized spacial score (nSPS) is 48.3. The zero-order valence-electron chi connectivity index (χ0n) is 5.51. The van der Waals surface area contributed by atoms with Gasteiger partial charge in [0.05, 0.1) is 0 Å². The summed E-state index contributed by atoms with van der Waals surface area (Å²) >= 11 is 0. The van der Waals surface area contributed by atoms with Crippen molar-refractivity contribution in [1.29, 1.82) is 0 Å². The number of hydrogen-bond acceptors (Lipinski definition) is 3. The molecule has 0 spiro atoms. The molecule has 3 nitrogen and oxygen atoms in total. The second-order valence-electron chi connectivity index (χ2n) is 3.08. The van der Waals surface area contributed by atoms with E-state index in [1.54, 1.807) is 0 Å². The monoisotopic (exact) mass is 127 g/mol. The standard InChI is InChI=1S/C6H13N3/c7-8-6-4-9-2-1-5(6)3-9/h5-6,8H,1-4,7H2/t5-,6-/m0/s1. The molecule has 2 bridgehead atoms. The Morgan fingerprint density at radius 2 is 2.33 bits per heavy atom. The second kappa shape index (κ2) is 1.94. The molecule has 0 aromatic carbocycles. The summed E-state index contributed by atoms with van der Waals surface area (Å²) in [5.74, 6) is 6.19. The van der Waals surface area contributed by atoms with Gasteiger partial charge in [0.2, 0.25) is 0 Å². The molecule has 3 N–H and O–H groups in total. The number of rotatable bonds is 1. The van der Waals surface area contributed by atoms with E-state index in [9.17, 15) is 0 Å². The quantitative estimate of drug-likeness (QED) is 0.356. The minimum atomic E-state index is 0.582. The van der Waals surface area contributed by atoms with Crippen LogP contribution >= 0.6 is 0 Å². The third-order valence-corrected chi connectivity index (χ3v) is 2.55. The molecule has 0 aromatic rings. The molecule has 2 aliphatic heterocycles. The summed E-state index contributed by atoms with van der Waals surface area (Å²) in [5, 5.41) is 0. The minimum absolute atomic E-state index is 0.582. The fourth-order valence-corrected chi connectivity index (χ4v) is 1.97. The van der Waals surface area contributed by atoms with Gasteiger partial charge in [-0.05, 0) is 18.9 Å². The van der Waals surface area contributed by atoms with Crippen molar-refractivity contribution < 1.29 is 0 Å². The molecule has 2 fully saturated rings. The first-order chi connectivity index (χ1) is 4.40. The highest BCUT2D eigenvalue weighted by molar-refractivity contribution is 4.93. The first-order valence-electron chi connectivity index (χ1n) is 3.58.